The number of benzene rings is 3. The van der Waals surface area contributed by atoms with Crippen LogP contribution in [0.1, 0.15) is 6.42 Å². The highest BCUT2D eigenvalue weighted by Gasteiger charge is 2.08. The van der Waals surface area contributed by atoms with Crippen LogP contribution < -0.4 is 5.32 Å². The molecule has 0 aliphatic heterocycles. The summed E-state index contributed by atoms with van der Waals surface area (Å²) < 4.78 is 0. The minimum absolute atomic E-state index is 0.660. The second-order valence-corrected chi connectivity index (χ2v) is 6.48. The van der Waals surface area contributed by atoms with Gasteiger partial charge < -0.3 is 5.32 Å². The predicted octanol–water partition coefficient (Wildman–Crippen LogP) is 6.10. The van der Waals surface area contributed by atoms with Crippen molar-refractivity contribution in [2.75, 3.05) is 17.7 Å². The lowest BCUT2D eigenvalue weighted by Crippen LogP contribution is -2.03. The van der Waals surface area contributed by atoms with Crippen molar-refractivity contribution in [1.29, 1.82) is 0 Å². The van der Waals surface area contributed by atoms with E-state index in [1.54, 1.807) is 0 Å². The molecule has 0 spiro atoms. The Morgan fingerprint density at radius 2 is 1.64 bits per heavy atom. The predicted molar refractivity (Wildman–Crippen MR) is 109 cm³/mol. The van der Waals surface area contributed by atoms with Crippen LogP contribution in [-0.4, -0.2) is 17.4 Å². The van der Waals surface area contributed by atoms with E-state index in [4.69, 9.17) is 16.6 Å². The van der Waals surface area contributed by atoms with Gasteiger partial charge in [0.1, 0.15) is 0 Å². The van der Waals surface area contributed by atoms with E-state index in [1.807, 2.05) is 12.1 Å². The van der Waals surface area contributed by atoms with E-state index < -0.39 is 0 Å². The highest BCUT2D eigenvalue weighted by atomic mass is 35.5. The molecule has 1 N–H and O–H groups in total. The summed E-state index contributed by atoms with van der Waals surface area (Å²) in [6.07, 6.45) is 0.934. The van der Waals surface area contributed by atoms with Gasteiger partial charge in [-0.15, -0.1) is 11.6 Å². The first-order chi connectivity index (χ1) is 12.3. The lowest BCUT2D eigenvalue weighted by molar-refractivity contribution is 0.988. The second-order valence-electron chi connectivity index (χ2n) is 6.10. The summed E-state index contributed by atoms with van der Waals surface area (Å²) in [7, 11) is 0. The van der Waals surface area contributed by atoms with Gasteiger partial charge >= 0.3 is 0 Å². The first-order valence-electron chi connectivity index (χ1n) is 8.54. The fraction of sp³-hybridized carbons (Fsp3) is 0.136. The molecule has 1 heterocycles. The van der Waals surface area contributed by atoms with Crippen LogP contribution in [0.15, 0.2) is 72.8 Å². The number of para-hydroxylation sites is 1. The fourth-order valence-corrected chi connectivity index (χ4v) is 3.24. The number of aromatic nitrogens is 1. The zero-order valence-corrected chi connectivity index (χ0v) is 14.6. The Labute approximate surface area is 152 Å². The highest BCUT2D eigenvalue weighted by molar-refractivity contribution is 6.17. The van der Waals surface area contributed by atoms with Gasteiger partial charge in [0.15, 0.2) is 0 Å². The van der Waals surface area contributed by atoms with Gasteiger partial charge in [0.25, 0.3) is 0 Å². The smallest absolute Gasteiger partial charge is 0.0730 e. The van der Waals surface area contributed by atoms with Gasteiger partial charge in [-0.1, -0.05) is 54.6 Å². The molecule has 0 aliphatic rings. The van der Waals surface area contributed by atoms with Crippen LogP contribution in [0.4, 0.5) is 5.69 Å². The summed E-state index contributed by atoms with van der Waals surface area (Å²) >= 11 is 5.82. The Bertz CT molecular complexity index is 1030. The maximum Gasteiger partial charge on any atom is 0.0730 e. The molecule has 4 rings (SSSR count). The second kappa shape index (κ2) is 7.12. The van der Waals surface area contributed by atoms with Crippen LogP contribution in [0.5, 0.6) is 0 Å². The third-order valence-corrected chi connectivity index (χ3v) is 4.65. The Balaban J connectivity index is 1.82. The number of hydrogen-bond acceptors (Lipinski definition) is 2. The normalized spacial score (nSPS) is 11.1. The molecule has 0 amide bonds. The van der Waals surface area contributed by atoms with Crippen LogP contribution in [-0.2, 0) is 0 Å². The Morgan fingerprint density at radius 1 is 0.840 bits per heavy atom. The quantitative estimate of drug-likeness (QED) is 0.349. The number of alkyl halides is 1. The Kier molecular flexibility index (Phi) is 4.53. The highest BCUT2D eigenvalue weighted by Crippen LogP contribution is 2.30. The van der Waals surface area contributed by atoms with Gasteiger partial charge in [-0.2, -0.15) is 0 Å². The molecule has 0 saturated heterocycles. The molecule has 0 fully saturated rings. The van der Waals surface area contributed by atoms with Gasteiger partial charge in [0.05, 0.1) is 11.2 Å². The molecule has 25 heavy (non-hydrogen) atoms. The Morgan fingerprint density at radius 3 is 2.52 bits per heavy atom. The number of rotatable bonds is 5. The number of nitrogens with zero attached hydrogens (tertiary/aromatic N) is 1. The van der Waals surface area contributed by atoms with Gasteiger partial charge in [0, 0.05) is 29.1 Å². The zero-order valence-electron chi connectivity index (χ0n) is 13.9. The van der Waals surface area contributed by atoms with E-state index in [1.165, 1.54) is 10.8 Å². The summed E-state index contributed by atoms with van der Waals surface area (Å²) in [6.45, 7) is 0.856. The topological polar surface area (TPSA) is 24.9 Å². The minimum atomic E-state index is 0.660. The SMILES string of the molecule is ClCCCNc1cc(-c2ccc3ccccc3c2)nc2ccccc12. The molecule has 2 nitrogen and oxygen atoms in total. The lowest BCUT2D eigenvalue weighted by atomic mass is 10.0. The number of anilines is 1. The summed E-state index contributed by atoms with van der Waals surface area (Å²) in [4.78, 5) is 4.88. The van der Waals surface area contributed by atoms with E-state index in [0.717, 1.165) is 40.8 Å². The molecule has 0 atom stereocenters. The summed E-state index contributed by atoms with van der Waals surface area (Å²) in [5, 5.41) is 7.12. The van der Waals surface area contributed by atoms with Crippen molar-refractivity contribution in [3.8, 4) is 11.3 Å². The van der Waals surface area contributed by atoms with Gasteiger partial charge in [0.2, 0.25) is 0 Å². The molecule has 4 aromatic rings. The lowest BCUT2D eigenvalue weighted by Gasteiger charge is -2.12. The van der Waals surface area contributed by atoms with E-state index in [0.29, 0.717) is 5.88 Å². The molecule has 3 aromatic carbocycles. The number of nitrogens with one attached hydrogen (secondary N) is 1. The molecule has 0 radical (unpaired) electrons. The minimum Gasteiger partial charge on any atom is -0.384 e. The van der Waals surface area contributed by atoms with Crippen molar-refractivity contribution in [1.82, 2.24) is 4.98 Å². The van der Waals surface area contributed by atoms with E-state index >= 15 is 0 Å². The Hall–Kier alpha value is -2.58. The van der Waals surface area contributed by atoms with Crippen molar-refractivity contribution < 1.29 is 0 Å². The van der Waals surface area contributed by atoms with Crippen LogP contribution >= 0.6 is 11.6 Å². The van der Waals surface area contributed by atoms with Crippen molar-refractivity contribution in [2.24, 2.45) is 0 Å². The number of halogens is 1. The summed E-state index contributed by atoms with van der Waals surface area (Å²) in [6, 6.07) is 25.3. The molecular formula is C22H19ClN2. The average molecular weight is 347 g/mol. The molecule has 1 aromatic heterocycles. The van der Waals surface area contributed by atoms with E-state index in [-0.39, 0.29) is 0 Å². The van der Waals surface area contributed by atoms with Crippen molar-refractivity contribution in [3.63, 3.8) is 0 Å². The first-order valence-corrected chi connectivity index (χ1v) is 9.07. The maximum atomic E-state index is 5.82. The van der Waals surface area contributed by atoms with Crippen molar-refractivity contribution in [3.05, 3.63) is 72.8 Å². The maximum absolute atomic E-state index is 5.82. The fourth-order valence-electron chi connectivity index (χ4n) is 3.11. The molecule has 0 saturated carbocycles. The van der Waals surface area contributed by atoms with E-state index in [9.17, 15) is 0 Å². The number of hydrogen-bond donors (Lipinski definition) is 1. The molecular weight excluding hydrogens is 328 g/mol. The largest absolute Gasteiger partial charge is 0.384 e. The van der Waals surface area contributed by atoms with Gasteiger partial charge in [-0.05, 0) is 35.4 Å². The summed E-state index contributed by atoms with van der Waals surface area (Å²) in [5.41, 5.74) is 4.23. The third kappa shape index (κ3) is 3.31. The van der Waals surface area contributed by atoms with Crippen LogP contribution in [0.3, 0.4) is 0 Å². The monoisotopic (exact) mass is 346 g/mol. The number of pyridine rings is 1. The van der Waals surface area contributed by atoms with Crippen LogP contribution in [0.2, 0.25) is 0 Å². The van der Waals surface area contributed by atoms with Gasteiger partial charge in [-0.3, -0.25) is 0 Å². The van der Waals surface area contributed by atoms with Crippen molar-refractivity contribution in [2.45, 2.75) is 6.42 Å². The van der Waals surface area contributed by atoms with Crippen molar-refractivity contribution >= 4 is 39.0 Å². The summed E-state index contributed by atoms with van der Waals surface area (Å²) in [5.74, 6) is 0.660. The third-order valence-electron chi connectivity index (χ3n) is 4.39. The standard InChI is InChI=1S/C22H19ClN2/c23-12-5-13-24-22-15-21(25-20-9-4-3-8-19(20)22)18-11-10-16-6-1-2-7-17(16)14-18/h1-4,6-11,14-15H,5,12-13H2,(H,24,25). The molecule has 0 bridgehead atoms. The molecule has 3 heteroatoms. The average Bonchev–Trinajstić information content (AvgIpc) is 2.67. The molecule has 124 valence electrons. The van der Waals surface area contributed by atoms with Gasteiger partial charge in [-0.25, -0.2) is 4.98 Å². The van der Waals surface area contributed by atoms with Crippen LogP contribution in [0.25, 0.3) is 32.9 Å². The van der Waals surface area contributed by atoms with E-state index in [2.05, 4.69) is 66.0 Å². The zero-order chi connectivity index (χ0) is 17.1. The first kappa shape index (κ1) is 15.9. The van der Waals surface area contributed by atoms with Crippen LogP contribution in [0, 0.1) is 0 Å². The molecule has 0 unspecified atom stereocenters. The number of fused-ring (bicyclic) bond motifs is 2. The molecule has 0 aliphatic carbocycles.